The number of cyclic esters (lactones) is 2. The highest BCUT2D eigenvalue weighted by Crippen LogP contribution is 2.42. The third-order valence-corrected chi connectivity index (χ3v) is 4.74. The van der Waals surface area contributed by atoms with Gasteiger partial charge in [0.25, 0.3) is 0 Å². The number of benzene rings is 2. The molecule has 0 bridgehead atoms. The quantitative estimate of drug-likeness (QED) is 0.785. The maximum atomic E-state index is 12.2. The van der Waals surface area contributed by atoms with E-state index in [2.05, 4.69) is 0 Å². The standard InChI is InChI=1S/C20H17NO6/c22-16(23)10-5-11-21(17-12-6-1-3-8-14(12)19(24)26-17)18-13-7-2-4-9-15(13)20(25)27-18/h1-4,6-9,17-18H,5,10-11H2,(H,22,23). The van der Waals surface area contributed by atoms with Gasteiger partial charge in [0.05, 0.1) is 11.1 Å². The number of esters is 2. The largest absolute Gasteiger partial charge is 0.481 e. The Labute approximate surface area is 155 Å². The second-order valence-electron chi connectivity index (χ2n) is 6.42. The molecule has 0 saturated carbocycles. The van der Waals surface area contributed by atoms with Crippen LogP contribution in [-0.2, 0) is 14.3 Å². The molecule has 1 N–H and O–H groups in total. The number of carbonyl (C=O) groups excluding carboxylic acids is 2. The molecule has 0 aromatic heterocycles. The summed E-state index contributed by atoms with van der Waals surface area (Å²) in [5.74, 6) is -1.81. The molecule has 2 heterocycles. The maximum Gasteiger partial charge on any atom is 0.340 e. The van der Waals surface area contributed by atoms with Gasteiger partial charge in [-0.1, -0.05) is 36.4 Å². The average molecular weight is 367 g/mol. The van der Waals surface area contributed by atoms with Crippen LogP contribution in [0.1, 0.15) is 57.1 Å². The Morgan fingerprint density at radius 2 is 1.37 bits per heavy atom. The highest BCUT2D eigenvalue weighted by molar-refractivity contribution is 5.95. The molecule has 0 saturated heterocycles. The molecule has 2 aromatic rings. The number of aliphatic carboxylic acids is 1. The Bertz CT molecular complexity index is 859. The number of fused-ring (bicyclic) bond motifs is 2. The Morgan fingerprint density at radius 1 is 0.889 bits per heavy atom. The fourth-order valence-corrected chi connectivity index (χ4v) is 3.52. The number of nitrogens with zero attached hydrogens (tertiary/aromatic N) is 1. The summed E-state index contributed by atoms with van der Waals surface area (Å²) in [4.78, 5) is 37.1. The van der Waals surface area contributed by atoms with Crippen molar-refractivity contribution in [1.29, 1.82) is 0 Å². The first-order valence-electron chi connectivity index (χ1n) is 8.63. The topological polar surface area (TPSA) is 93.1 Å². The lowest BCUT2D eigenvalue weighted by atomic mass is 10.0. The second kappa shape index (κ2) is 6.85. The predicted molar refractivity (Wildman–Crippen MR) is 92.8 cm³/mol. The number of carbonyl (C=O) groups is 3. The minimum absolute atomic E-state index is 0.0405. The molecule has 2 aliphatic heterocycles. The zero-order chi connectivity index (χ0) is 19.0. The molecule has 27 heavy (non-hydrogen) atoms. The van der Waals surface area contributed by atoms with Gasteiger partial charge in [-0.2, -0.15) is 0 Å². The van der Waals surface area contributed by atoms with Crippen LogP contribution in [0.4, 0.5) is 0 Å². The Kier molecular flexibility index (Phi) is 4.37. The molecule has 138 valence electrons. The highest BCUT2D eigenvalue weighted by atomic mass is 16.6. The van der Waals surface area contributed by atoms with E-state index in [9.17, 15) is 14.4 Å². The molecule has 4 rings (SSSR count). The molecule has 0 radical (unpaired) electrons. The second-order valence-corrected chi connectivity index (χ2v) is 6.42. The van der Waals surface area contributed by atoms with Gasteiger partial charge in [-0.3, -0.25) is 4.79 Å². The number of rotatable bonds is 6. The van der Waals surface area contributed by atoms with Gasteiger partial charge >= 0.3 is 17.9 Å². The van der Waals surface area contributed by atoms with E-state index in [1.165, 1.54) is 0 Å². The first-order chi connectivity index (χ1) is 13.1. The van der Waals surface area contributed by atoms with Crippen molar-refractivity contribution < 1.29 is 29.0 Å². The molecular weight excluding hydrogens is 350 g/mol. The van der Waals surface area contributed by atoms with Gasteiger partial charge in [0, 0.05) is 24.1 Å². The van der Waals surface area contributed by atoms with Crippen LogP contribution >= 0.6 is 0 Å². The first kappa shape index (κ1) is 17.2. The lowest BCUT2D eigenvalue weighted by Crippen LogP contribution is -2.34. The number of carboxylic acid groups (broad SMARTS) is 1. The van der Waals surface area contributed by atoms with Gasteiger partial charge in [-0.15, -0.1) is 0 Å². The van der Waals surface area contributed by atoms with Crippen molar-refractivity contribution in [3.05, 3.63) is 70.8 Å². The monoisotopic (exact) mass is 367 g/mol. The van der Waals surface area contributed by atoms with Crippen molar-refractivity contribution in [2.45, 2.75) is 25.3 Å². The van der Waals surface area contributed by atoms with E-state index in [1.807, 2.05) is 0 Å². The van der Waals surface area contributed by atoms with E-state index < -0.39 is 30.4 Å². The summed E-state index contributed by atoms with van der Waals surface area (Å²) in [5.41, 5.74) is 2.28. The average Bonchev–Trinajstić information content (AvgIpc) is 3.17. The molecular formula is C20H17NO6. The number of hydrogen-bond donors (Lipinski definition) is 1. The molecule has 0 amide bonds. The van der Waals surface area contributed by atoms with Crippen LogP contribution in [0.5, 0.6) is 0 Å². The van der Waals surface area contributed by atoms with E-state index in [-0.39, 0.29) is 13.0 Å². The normalized spacial score (nSPS) is 20.2. The summed E-state index contributed by atoms with van der Waals surface area (Å²) in [6.07, 6.45) is -1.21. The van der Waals surface area contributed by atoms with Crippen LogP contribution in [0.2, 0.25) is 0 Å². The van der Waals surface area contributed by atoms with E-state index >= 15 is 0 Å². The van der Waals surface area contributed by atoms with E-state index in [0.29, 0.717) is 28.7 Å². The molecule has 2 aliphatic rings. The van der Waals surface area contributed by atoms with Crippen molar-refractivity contribution in [2.75, 3.05) is 6.54 Å². The minimum atomic E-state index is -0.914. The van der Waals surface area contributed by atoms with Crippen LogP contribution < -0.4 is 0 Å². The van der Waals surface area contributed by atoms with Crippen molar-refractivity contribution in [3.63, 3.8) is 0 Å². The fraction of sp³-hybridized carbons (Fsp3) is 0.250. The van der Waals surface area contributed by atoms with Crippen LogP contribution in [0.3, 0.4) is 0 Å². The molecule has 2 atom stereocenters. The van der Waals surface area contributed by atoms with Crippen molar-refractivity contribution >= 4 is 17.9 Å². The zero-order valence-electron chi connectivity index (χ0n) is 14.3. The maximum absolute atomic E-state index is 12.2. The van der Waals surface area contributed by atoms with Gasteiger partial charge in [-0.05, 0) is 18.6 Å². The summed E-state index contributed by atoms with van der Waals surface area (Å²) < 4.78 is 11.1. The summed E-state index contributed by atoms with van der Waals surface area (Å²) in [5, 5.41) is 8.97. The number of hydrogen-bond acceptors (Lipinski definition) is 6. The molecule has 0 fully saturated rings. The van der Waals surface area contributed by atoms with Gasteiger partial charge in [0.15, 0.2) is 12.5 Å². The summed E-state index contributed by atoms with van der Waals surface area (Å²) >= 11 is 0. The van der Waals surface area contributed by atoms with Gasteiger partial charge in [-0.25, -0.2) is 14.5 Å². The summed E-state index contributed by atoms with van der Waals surface area (Å²) in [6, 6.07) is 14.1. The lowest BCUT2D eigenvalue weighted by Gasteiger charge is -2.32. The fourth-order valence-electron chi connectivity index (χ4n) is 3.52. The third kappa shape index (κ3) is 3.06. The van der Waals surface area contributed by atoms with Gasteiger partial charge in [0.1, 0.15) is 0 Å². The van der Waals surface area contributed by atoms with Crippen molar-refractivity contribution in [3.8, 4) is 0 Å². The highest BCUT2D eigenvalue weighted by Gasteiger charge is 2.43. The molecule has 7 heteroatoms. The molecule has 0 spiro atoms. The molecule has 2 aromatic carbocycles. The Hall–Kier alpha value is -3.19. The number of carboxylic acids is 1. The number of ether oxygens (including phenoxy) is 2. The van der Waals surface area contributed by atoms with Crippen LogP contribution in [0.25, 0.3) is 0 Å². The molecule has 7 nitrogen and oxygen atoms in total. The van der Waals surface area contributed by atoms with Crippen LogP contribution in [0.15, 0.2) is 48.5 Å². The first-order valence-corrected chi connectivity index (χ1v) is 8.63. The van der Waals surface area contributed by atoms with Crippen LogP contribution in [-0.4, -0.2) is 34.5 Å². The Balaban J connectivity index is 1.70. The molecule has 0 aliphatic carbocycles. The van der Waals surface area contributed by atoms with Crippen molar-refractivity contribution in [1.82, 2.24) is 4.90 Å². The zero-order valence-corrected chi connectivity index (χ0v) is 14.3. The van der Waals surface area contributed by atoms with E-state index in [0.717, 1.165) is 0 Å². The lowest BCUT2D eigenvalue weighted by molar-refractivity contribution is -0.138. The Morgan fingerprint density at radius 3 is 1.85 bits per heavy atom. The van der Waals surface area contributed by atoms with Crippen molar-refractivity contribution in [2.24, 2.45) is 0 Å². The SMILES string of the molecule is O=C(O)CCCN(C1OC(=O)c2ccccc21)C1OC(=O)c2ccccc21. The molecule has 2 unspecified atom stereocenters. The van der Waals surface area contributed by atoms with Crippen LogP contribution in [0, 0.1) is 0 Å². The van der Waals surface area contributed by atoms with Gasteiger partial charge in [0.2, 0.25) is 0 Å². The minimum Gasteiger partial charge on any atom is -0.481 e. The van der Waals surface area contributed by atoms with E-state index in [4.69, 9.17) is 14.6 Å². The smallest absolute Gasteiger partial charge is 0.340 e. The van der Waals surface area contributed by atoms with E-state index in [1.54, 1.807) is 53.4 Å². The summed E-state index contributed by atoms with van der Waals surface area (Å²) in [6.45, 7) is 0.283. The summed E-state index contributed by atoms with van der Waals surface area (Å²) in [7, 11) is 0. The van der Waals surface area contributed by atoms with Gasteiger partial charge < -0.3 is 14.6 Å². The third-order valence-electron chi connectivity index (χ3n) is 4.74. The predicted octanol–water partition coefficient (Wildman–Crippen LogP) is 2.89.